The molecule has 0 aliphatic carbocycles. The molecule has 0 saturated heterocycles. The number of amides is 1. The summed E-state index contributed by atoms with van der Waals surface area (Å²) in [5, 5.41) is 0. The number of nitrogens with zero attached hydrogens (tertiary/aromatic N) is 1. The topological polar surface area (TPSA) is 20.3 Å². The summed E-state index contributed by atoms with van der Waals surface area (Å²) in [4.78, 5) is 12.6. The van der Waals surface area contributed by atoms with Crippen LogP contribution in [0.15, 0.2) is 36.4 Å². The van der Waals surface area contributed by atoms with Crippen molar-refractivity contribution in [1.29, 1.82) is 0 Å². The van der Waals surface area contributed by atoms with Crippen LogP contribution in [-0.2, 0) is 4.79 Å². The molecule has 1 aromatic rings. The standard InChI is InChI=1S/C20H24F3NO/c1-5-6-7-10-15-24(18(25)20(21,22)23)17-12-9-8-11-16(17)13-14-19(2,3)4/h7-12H,5-6,15H2,1-4H3/b10-7+. The van der Waals surface area contributed by atoms with Gasteiger partial charge in [0.25, 0.3) is 0 Å². The molecule has 0 radical (unpaired) electrons. The molecular weight excluding hydrogens is 327 g/mol. The van der Waals surface area contributed by atoms with Gasteiger partial charge in [-0.2, -0.15) is 13.2 Å². The summed E-state index contributed by atoms with van der Waals surface area (Å²) in [6, 6.07) is 6.41. The normalized spacial score (nSPS) is 12.0. The lowest BCUT2D eigenvalue weighted by molar-refractivity contribution is -0.170. The van der Waals surface area contributed by atoms with E-state index in [1.165, 1.54) is 6.07 Å². The van der Waals surface area contributed by atoms with Crippen LogP contribution in [0.2, 0.25) is 0 Å². The van der Waals surface area contributed by atoms with Crippen molar-refractivity contribution in [2.45, 2.75) is 46.7 Å². The molecule has 0 bridgehead atoms. The Morgan fingerprint density at radius 3 is 2.36 bits per heavy atom. The Morgan fingerprint density at radius 2 is 1.80 bits per heavy atom. The van der Waals surface area contributed by atoms with Crippen molar-refractivity contribution in [2.24, 2.45) is 5.41 Å². The molecule has 0 aromatic heterocycles. The molecule has 0 unspecified atom stereocenters. The van der Waals surface area contributed by atoms with Crippen LogP contribution in [0.25, 0.3) is 0 Å². The maximum atomic E-state index is 13.0. The van der Waals surface area contributed by atoms with Crippen LogP contribution in [0.3, 0.4) is 0 Å². The maximum Gasteiger partial charge on any atom is 0.471 e. The highest BCUT2D eigenvalue weighted by Crippen LogP contribution is 2.26. The zero-order chi connectivity index (χ0) is 19.1. The summed E-state index contributed by atoms with van der Waals surface area (Å²) in [5.74, 6) is 4.02. The summed E-state index contributed by atoms with van der Waals surface area (Å²) < 4.78 is 39.0. The molecule has 25 heavy (non-hydrogen) atoms. The van der Waals surface area contributed by atoms with E-state index < -0.39 is 12.1 Å². The number of unbranched alkanes of at least 4 members (excludes halogenated alkanes) is 1. The summed E-state index contributed by atoms with van der Waals surface area (Å²) in [5.41, 5.74) is 0.272. The number of hydrogen-bond donors (Lipinski definition) is 0. The number of anilines is 1. The first-order chi connectivity index (χ1) is 11.6. The van der Waals surface area contributed by atoms with Crippen LogP contribution in [-0.4, -0.2) is 18.6 Å². The lowest BCUT2D eigenvalue weighted by atomic mass is 9.97. The summed E-state index contributed by atoms with van der Waals surface area (Å²) in [7, 11) is 0. The molecular formula is C20H24F3NO. The number of benzene rings is 1. The number of para-hydroxylation sites is 1. The highest BCUT2D eigenvalue weighted by Gasteiger charge is 2.43. The monoisotopic (exact) mass is 351 g/mol. The van der Waals surface area contributed by atoms with Crippen molar-refractivity contribution in [2.75, 3.05) is 11.4 Å². The van der Waals surface area contributed by atoms with Gasteiger partial charge in [-0.1, -0.05) is 49.5 Å². The Kier molecular flexibility index (Phi) is 7.29. The molecule has 1 amide bonds. The number of hydrogen-bond acceptors (Lipinski definition) is 1. The minimum atomic E-state index is -4.94. The average Bonchev–Trinajstić information content (AvgIpc) is 2.51. The van der Waals surface area contributed by atoms with Gasteiger partial charge < -0.3 is 0 Å². The molecule has 0 fully saturated rings. The van der Waals surface area contributed by atoms with Gasteiger partial charge in [0.15, 0.2) is 0 Å². The lowest BCUT2D eigenvalue weighted by Gasteiger charge is -2.24. The number of alkyl halides is 3. The predicted molar refractivity (Wildman–Crippen MR) is 95.2 cm³/mol. The molecule has 136 valence electrons. The van der Waals surface area contributed by atoms with Gasteiger partial charge in [-0.05, 0) is 39.3 Å². The van der Waals surface area contributed by atoms with Crippen LogP contribution in [0, 0.1) is 17.3 Å². The Morgan fingerprint density at radius 1 is 1.16 bits per heavy atom. The van der Waals surface area contributed by atoms with E-state index in [1.54, 1.807) is 30.4 Å². The van der Waals surface area contributed by atoms with Gasteiger partial charge in [0.05, 0.1) is 5.69 Å². The van der Waals surface area contributed by atoms with Crippen LogP contribution in [0.4, 0.5) is 18.9 Å². The summed E-state index contributed by atoms with van der Waals surface area (Å²) in [6.07, 6.45) is 0.0568. The fraction of sp³-hybridized carbons (Fsp3) is 0.450. The van der Waals surface area contributed by atoms with Gasteiger partial charge in [-0.25, -0.2) is 0 Å². The van der Waals surface area contributed by atoms with E-state index in [1.807, 2.05) is 27.7 Å². The van der Waals surface area contributed by atoms with Crippen molar-refractivity contribution in [1.82, 2.24) is 0 Å². The quantitative estimate of drug-likeness (QED) is 0.518. The Hall–Kier alpha value is -2.22. The maximum absolute atomic E-state index is 13.0. The third-order valence-corrected chi connectivity index (χ3v) is 3.16. The van der Waals surface area contributed by atoms with Crippen LogP contribution >= 0.6 is 0 Å². The first-order valence-electron chi connectivity index (χ1n) is 8.22. The molecule has 1 rings (SSSR count). The van der Waals surface area contributed by atoms with Crippen LogP contribution in [0.5, 0.6) is 0 Å². The van der Waals surface area contributed by atoms with Crippen molar-refractivity contribution in [3.63, 3.8) is 0 Å². The number of carbonyl (C=O) groups excluding carboxylic acids is 1. The number of halogens is 3. The molecule has 0 aliphatic heterocycles. The Bertz CT molecular complexity index is 673. The van der Waals surface area contributed by atoms with Crippen molar-refractivity contribution in [3.8, 4) is 11.8 Å². The zero-order valence-electron chi connectivity index (χ0n) is 15.1. The first kappa shape index (κ1) is 20.8. The minimum absolute atomic E-state index is 0.146. The largest absolute Gasteiger partial charge is 0.471 e. The van der Waals surface area contributed by atoms with Gasteiger partial charge >= 0.3 is 12.1 Å². The molecule has 2 nitrogen and oxygen atoms in total. The molecule has 0 N–H and O–H groups in total. The van der Waals surface area contributed by atoms with Gasteiger partial charge in [-0.15, -0.1) is 0 Å². The second-order valence-electron chi connectivity index (χ2n) is 6.69. The average molecular weight is 351 g/mol. The first-order valence-corrected chi connectivity index (χ1v) is 8.22. The van der Waals surface area contributed by atoms with E-state index in [9.17, 15) is 18.0 Å². The highest BCUT2D eigenvalue weighted by molar-refractivity contribution is 5.98. The van der Waals surface area contributed by atoms with Crippen LogP contribution < -0.4 is 4.90 Å². The molecule has 1 aromatic carbocycles. The molecule has 0 atom stereocenters. The van der Waals surface area contributed by atoms with Gasteiger partial charge in [0.1, 0.15) is 0 Å². The zero-order valence-corrected chi connectivity index (χ0v) is 15.1. The second-order valence-corrected chi connectivity index (χ2v) is 6.69. The predicted octanol–water partition coefficient (Wildman–Crippen LogP) is 5.34. The van der Waals surface area contributed by atoms with E-state index in [-0.39, 0.29) is 17.6 Å². The summed E-state index contributed by atoms with van der Waals surface area (Å²) >= 11 is 0. The fourth-order valence-corrected chi connectivity index (χ4v) is 1.98. The molecule has 0 saturated carbocycles. The second kappa shape index (κ2) is 8.75. The molecule has 5 heteroatoms. The third-order valence-electron chi connectivity index (χ3n) is 3.16. The number of carbonyl (C=O) groups is 1. The highest BCUT2D eigenvalue weighted by atomic mass is 19.4. The van der Waals surface area contributed by atoms with E-state index >= 15 is 0 Å². The van der Waals surface area contributed by atoms with Crippen molar-refractivity contribution < 1.29 is 18.0 Å². The third kappa shape index (κ3) is 7.04. The molecule has 0 aliphatic rings. The van der Waals surface area contributed by atoms with Crippen molar-refractivity contribution in [3.05, 3.63) is 42.0 Å². The molecule has 0 spiro atoms. The lowest BCUT2D eigenvalue weighted by Crippen LogP contribution is -2.41. The van der Waals surface area contributed by atoms with E-state index in [0.717, 1.165) is 17.7 Å². The van der Waals surface area contributed by atoms with Gasteiger partial charge in [0, 0.05) is 17.5 Å². The number of rotatable bonds is 5. The van der Waals surface area contributed by atoms with E-state index in [4.69, 9.17) is 0 Å². The SMILES string of the molecule is CCC/C=C/CN(C(=O)C(F)(F)F)c1ccccc1C#CC(C)(C)C. The van der Waals surface area contributed by atoms with E-state index in [0.29, 0.717) is 5.56 Å². The minimum Gasteiger partial charge on any atom is -0.300 e. The smallest absolute Gasteiger partial charge is 0.300 e. The van der Waals surface area contributed by atoms with Crippen molar-refractivity contribution >= 4 is 11.6 Å². The van der Waals surface area contributed by atoms with Gasteiger partial charge in [0.2, 0.25) is 0 Å². The Balaban J connectivity index is 3.30. The fourth-order valence-electron chi connectivity index (χ4n) is 1.98. The summed E-state index contributed by atoms with van der Waals surface area (Å²) in [6.45, 7) is 7.56. The molecule has 0 heterocycles. The van der Waals surface area contributed by atoms with E-state index in [2.05, 4.69) is 11.8 Å². The van der Waals surface area contributed by atoms with Gasteiger partial charge in [-0.3, -0.25) is 9.69 Å². The van der Waals surface area contributed by atoms with Crippen LogP contribution in [0.1, 0.15) is 46.1 Å². The Labute approximate surface area is 147 Å². The number of allylic oxidation sites excluding steroid dienone is 1.